The maximum Gasteiger partial charge on any atom is 0.139 e. The van der Waals surface area contributed by atoms with E-state index in [1.54, 1.807) is 6.07 Å². The highest BCUT2D eigenvalue weighted by Crippen LogP contribution is 2.60. The van der Waals surface area contributed by atoms with Gasteiger partial charge in [-0.05, 0) is 67.1 Å². The molecule has 0 amide bonds. The third kappa shape index (κ3) is 1.63. The number of aromatic hydroxyl groups is 1. The van der Waals surface area contributed by atoms with Crippen molar-refractivity contribution in [2.75, 3.05) is 5.73 Å². The summed E-state index contributed by atoms with van der Waals surface area (Å²) in [6.07, 6.45) is 5.99. The molecule has 0 heterocycles. The Balaban J connectivity index is 1.75. The molecule has 1 aromatic carbocycles. The minimum absolute atomic E-state index is 0.0683. The van der Waals surface area contributed by atoms with E-state index in [1.807, 2.05) is 0 Å². The quantitative estimate of drug-likeness (QED) is 0.567. The molecule has 0 aliphatic heterocycles. The number of Topliss-reactive ketones (excluding diaryl/α,β-unsaturated/α-hetero) is 1. The van der Waals surface area contributed by atoms with Crippen molar-refractivity contribution >= 4 is 11.5 Å². The summed E-state index contributed by atoms with van der Waals surface area (Å²) in [7, 11) is 0. The zero-order chi connectivity index (χ0) is 14.8. The van der Waals surface area contributed by atoms with Crippen LogP contribution < -0.4 is 5.73 Å². The second kappa shape index (κ2) is 4.25. The number of ketones is 1. The molecule has 2 fully saturated rings. The summed E-state index contributed by atoms with van der Waals surface area (Å²) in [4.78, 5) is 12.3. The van der Waals surface area contributed by atoms with Gasteiger partial charge in [0, 0.05) is 11.8 Å². The van der Waals surface area contributed by atoms with Crippen LogP contribution in [0.1, 0.15) is 56.1 Å². The van der Waals surface area contributed by atoms with Crippen molar-refractivity contribution in [3.63, 3.8) is 0 Å². The molecule has 3 heteroatoms. The number of carbonyl (C=O) groups is 1. The molecule has 0 saturated heterocycles. The molecule has 2 saturated carbocycles. The lowest BCUT2D eigenvalue weighted by molar-refractivity contribution is -0.129. The van der Waals surface area contributed by atoms with Crippen molar-refractivity contribution in [3.05, 3.63) is 23.3 Å². The van der Waals surface area contributed by atoms with Gasteiger partial charge in [0.15, 0.2) is 0 Å². The molecule has 0 radical (unpaired) electrons. The van der Waals surface area contributed by atoms with Crippen molar-refractivity contribution in [3.8, 4) is 5.75 Å². The van der Waals surface area contributed by atoms with Gasteiger partial charge in [0.2, 0.25) is 0 Å². The Bertz CT molecular complexity index is 624. The van der Waals surface area contributed by atoms with Crippen molar-refractivity contribution < 1.29 is 9.90 Å². The molecule has 1 aromatic rings. The Labute approximate surface area is 125 Å². The maximum absolute atomic E-state index is 12.3. The van der Waals surface area contributed by atoms with E-state index in [0.29, 0.717) is 29.2 Å². The van der Waals surface area contributed by atoms with Crippen LogP contribution in [0, 0.1) is 17.3 Å². The average molecular weight is 285 g/mol. The van der Waals surface area contributed by atoms with Crippen LogP contribution in [0.2, 0.25) is 0 Å². The number of fused-ring (bicyclic) bond motifs is 5. The summed E-state index contributed by atoms with van der Waals surface area (Å²) >= 11 is 0. The average Bonchev–Trinajstić information content (AvgIpc) is 2.78. The first kappa shape index (κ1) is 13.2. The topological polar surface area (TPSA) is 63.3 Å². The molecular formula is C18H23NO2. The molecule has 4 rings (SSSR count). The molecular weight excluding hydrogens is 262 g/mol. The number of carbonyl (C=O) groups excluding carboxylic acids is 1. The van der Waals surface area contributed by atoms with Crippen LogP contribution in [0.4, 0.5) is 5.69 Å². The van der Waals surface area contributed by atoms with Gasteiger partial charge in [-0.15, -0.1) is 0 Å². The zero-order valence-electron chi connectivity index (χ0n) is 12.6. The van der Waals surface area contributed by atoms with Crippen molar-refractivity contribution in [2.45, 2.75) is 51.4 Å². The van der Waals surface area contributed by atoms with Crippen LogP contribution in [0.15, 0.2) is 12.1 Å². The Morgan fingerprint density at radius 1 is 1.24 bits per heavy atom. The molecule has 3 aliphatic rings. The highest BCUT2D eigenvalue weighted by Gasteiger charge is 2.54. The number of benzene rings is 1. The van der Waals surface area contributed by atoms with Crippen LogP contribution in [-0.2, 0) is 11.2 Å². The van der Waals surface area contributed by atoms with Gasteiger partial charge in [-0.3, -0.25) is 4.79 Å². The van der Waals surface area contributed by atoms with E-state index in [2.05, 4.69) is 13.0 Å². The number of nitrogens with two attached hydrogens (primary N) is 1. The lowest BCUT2D eigenvalue weighted by Gasteiger charge is -2.48. The van der Waals surface area contributed by atoms with Gasteiger partial charge in [-0.2, -0.15) is 0 Å². The maximum atomic E-state index is 12.3. The number of phenolic OH excluding ortho intramolecular Hbond substituents is 1. The first-order valence-corrected chi connectivity index (χ1v) is 8.16. The fourth-order valence-electron chi connectivity index (χ4n) is 5.45. The third-order valence-electron chi connectivity index (χ3n) is 6.64. The lowest BCUT2D eigenvalue weighted by atomic mass is 9.55. The Hall–Kier alpha value is -1.51. The van der Waals surface area contributed by atoms with Gasteiger partial charge < -0.3 is 10.8 Å². The number of rotatable bonds is 0. The van der Waals surface area contributed by atoms with Crippen molar-refractivity contribution in [1.82, 2.24) is 0 Å². The summed E-state index contributed by atoms with van der Waals surface area (Å²) in [5.41, 5.74) is 9.07. The number of nitrogen functional groups attached to an aromatic ring is 1. The number of phenols is 1. The second-order valence-corrected chi connectivity index (χ2v) is 7.40. The molecule has 0 spiro atoms. The summed E-state index contributed by atoms with van der Waals surface area (Å²) in [6.45, 7) is 2.20. The molecule has 0 aromatic heterocycles. The molecule has 4 atom stereocenters. The van der Waals surface area contributed by atoms with Crippen LogP contribution in [-0.4, -0.2) is 10.9 Å². The Morgan fingerprint density at radius 2 is 2.05 bits per heavy atom. The third-order valence-corrected chi connectivity index (χ3v) is 6.64. The van der Waals surface area contributed by atoms with Gasteiger partial charge in [0.05, 0.1) is 5.69 Å². The zero-order valence-corrected chi connectivity index (χ0v) is 12.6. The van der Waals surface area contributed by atoms with Gasteiger partial charge in [-0.1, -0.05) is 13.0 Å². The van der Waals surface area contributed by atoms with E-state index < -0.39 is 0 Å². The smallest absolute Gasteiger partial charge is 0.139 e. The van der Waals surface area contributed by atoms with Crippen molar-refractivity contribution in [2.24, 2.45) is 17.3 Å². The molecule has 0 unspecified atom stereocenters. The lowest BCUT2D eigenvalue weighted by Crippen LogP contribution is -2.42. The number of hydrogen-bond donors (Lipinski definition) is 2. The Kier molecular flexibility index (Phi) is 2.66. The molecule has 3 aliphatic carbocycles. The number of hydrogen-bond acceptors (Lipinski definition) is 3. The summed E-state index contributed by atoms with van der Waals surface area (Å²) in [5.74, 6) is 2.39. The van der Waals surface area contributed by atoms with Crippen molar-refractivity contribution in [1.29, 1.82) is 0 Å². The predicted octanol–water partition coefficient (Wildman–Crippen LogP) is 3.40. The van der Waals surface area contributed by atoms with Crippen LogP contribution in [0.25, 0.3) is 0 Å². The minimum atomic E-state index is -0.0683. The summed E-state index contributed by atoms with van der Waals surface area (Å²) < 4.78 is 0. The molecule has 21 heavy (non-hydrogen) atoms. The molecule has 112 valence electrons. The van der Waals surface area contributed by atoms with E-state index in [4.69, 9.17) is 5.73 Å². The van der Waals surface area contributed by atoms with Gasteiger partial charge in [0.25, 0.3) is 0 Å². The predicted molar refractivity (Wildman–Crippen MR) is 82.1 cm³/mol. The first-order valence-electron chi connectivity index (χ1n) is 8.16. The van der Waals surface area contributed by atoms with E-state index in [9.17, 15) is 9.90 Å². The second-order valence-electron chi connectivity index (χ2n) is 7.40. The van der Waals surface area contributed by atoms with Crippen LogP contribution in [0.3, 0.4) is 0 Å². The molecule has 0 bridgehead atoms. The Morgan fingerprint density at radius 3 is 2.86 bits per heavy atom. The standard InChI is InChI=1S/C18H23NO2/c1-18-9-8-11-10-4-6-15(20)17(19)13(10)3-2-12(11)14(18)5-7-16(18)21/h4,6,11-12,14,20H,2-3,5,7-9,19H2,1H3/t11-,12-,14+,18+/m1/s1. The van der Waals surface area contributed by atoms with Gasteiger partial charge in [-0.25, -0.2) is 0 Å². The molecule has 3 N–H and O–H groups in total. The number of anilines is 1. The van der Waals surface area contributed by atoms with E-state index in [1.165, 1.54) is 5.56 Å². The fraction of sp³-hybridized carbons (Fsp3) is 0.611. The first-order chi connectivity index (χ1) is 10.0. The van der Waals surface area contributed by atoms with E-state index >= 15 is 0 Å². The summed E-state index contributed by atoms with van der Waals surface area (Å²) in [6, 6.07) is 3.81. The molecule has 3 nitrogen and oxygen atoms in total. The minimum Gasteiger partial charge on any atom is -0.506 e. The van der Waals surface area contributed by atoms with E-state index in [-0.39, 0.29) is 11.2 Å². The monoisotopic (exact) mass is 285 g/mol. The van der Waals surface area contributed by atoms with E-state index in [0.717, 1.165) is 44.1 Å². The summed E-state index contributed by atoms with van der Waals surface area (Å²) in [5, 5.41) is 9.83. The normalized spacial score (nSPS) is 37.8. The van der Waals surface area contributed by atoms with Gasteiger partial charge >= 0.3 is 0 Å². The highest BCUT2D eigenvalue weighted by molar-refractivity contribution is 5.87. The largest absolute Gasteiger partial charge is 0.506 e. The SMILES string of the molecule is C[C@]12CC[C@@H]3c4ccc(O)c(N)c4CC[C@H]3[C@@H]1CCC2=O. The fourth-order valence-corrected chi connectivity index (χ4v) is 5.45. The van der Waals surface area contributed by atoms with Crippen LogP contribution in [0.5, 0.6) is 5.75 Å². The highest BCUT2D eigenvalue weighted by atomic mass is 16.3. The van der Waals surface area contributed by atoms with Gasteiger partial charge in [0.1, 0.15) is 11.5 Å². The van der Waals surface area contributed by atoms with Crippen LogP contribution >= 0.6 is 0 Å².